The normalized spacial score (nSPS) is 14.8. The van der Waals surface area contributed by atoms with Crippen LogP contribution in [0.4, 0.5) is 0 Å². The third-order valence-corrected chi connectivity index (χ3v) is 2.04. The average molecular weight is 160 g/mol. The third-order valence-electron chi connectivity index (χ3n) is 1.01. The Morgan fingerprint density at radius 1 is 1.50 bits per heavy atom. The van der Waals surface area contributed by atoms with Crippen molar-refractivity contribution in [2.24, 2.45) is 5.92 Å². The fourth-order valence-corrected chi connectivity index (χ4v) is 1.18. The first-order valence-electron chi connectivity index (χ1n) is 3.55. The third kappa shape index (κ3) is 5.97. The molecule has 0 saturated heterocycles. The van der Waals surface area contributed by atoms with Crippen molar-refractivity contribution in [3.8, 4) is 0 Å². The van der Waals surface area contributed by atoms with Gasteiger partial charge in [0.25, 0.3) is 0 Å². The molecule has 0 radical (unpaired) electrons. The number of rotatable bonds is 4. The zero-order valence-corrected chi connectivity index (χ0v) is 8.18. The van der Waals surface area contributed by atoms with Crippen LogP contribution in [0.15, 0.2) is 0 Å². The van der Waals surface area contributed by atoms with E-state index in [1.54, 1.807) is 0 Å². The summed E-state index contributed by atoms with van der Waals surface area (Å²) in [4.78, 5) is 10.2. The predicted octanol–water partition coefficient (Wildman–Crippen LogP) is 1.67. The lowest BCUT2D eigenvalue weighted by Crippen LogP contribution is -2.28. The molecule has 0 aliphatic rings. The monoisotopic (exact) mass is 160 g/mol. The molecule has 0 aliphatic carbocycles. The molecule has 0 aromatic rings. The molecule has 0 N–H and O–H groups in total. The topological polar surface area (TPSA) is 26.3 Å². The Bertz CT molecular complexity index is 107. The molecule has 0 aromatic carbocycles. The molecule has 10 heavy (non-hydrogen) atoms. The molecule has 0 aliphatic heterocycles. The van der Waals surface area contributed by atoms with Gasteiger partial charge in [0.2, 0.25) is 0 Å². The van der Waals surface area contributed by atoms with E-state index in [1.165, 1.54) is 0 Å². The maximum Gasteiger partial charge on any atom is 0.183 e. The molecular weight excluding hydrogens is 144 g/mol. The smallest absolute Gasteiger partial charge is 0.183 e. The number of hydrogen-bond acceptors (Lipinski definition) is 2. The first-order valence-corrected chi connectivity index (χ1v) is 6.96. The Morgan fingerprint density at radius 3 is 2.30 bits per heavy atom. The highest BCUT2D eigenvalue weighted by Gasteiger charge is 2.14. The van der Waals surface area contributed by atoms with Crippen molar-refractivity contribution in [1.82, 2.24) is 0 Å². The number of hydrogen-bond donors (Lipinski definition) is 0. The molecule has 0 spiro atoms. The molecule has 60 valence electrons. The molecule has 1 unspecified atom stereocenters. The van der Waals surface area contributed by atoms with E-state index in [2.05, 4.69) is 19.6 Å². The molecule has 0 rings (SSSR count). The fraction of sp³-hybridized carbons (Fsp3) is 0.857. The molecule has 0 amide bonds. The van der Waals surface area contributed by atoms with Crippen molar-refractivity contribution >= 4 is 14.6 Å². The number of carbonyl (C=O) groups excluding carboxylic acids is 1. The Morgan fingerprint density at radius 2 is 2.00 bits per heavy atom. The first kappa shape index (κ1) is 9.85. The van der Waals surface area contributed by atoms with Gasteiger partial charge in [-0.05, 0) is 19.6 Å². The van der Waals surface area contributed by atoms with Crippen molar-refractivity contribution in [3.05, 3.63) is 0 Å². The van der Waals surface area contributed by atoms with Crippen LogP contribution in [-0.2, 0) is 9.22 Å². The summed E-state index contributed by atoms with van der Waals surface area (Å²) in [5, 5.41) is 0. The van der Waals surface area contributed by atoms with Gasteiger partial charge in [-0.15, -0.1) is 0 Å². The van der Waals surface area contributed by atoms with Gasteiger partial charge >= 0.3 is 0 Å². The first-order chi connectivity index (χ1) is 4.45. The largest absolute Gasteiger partial charge is 0.417 e. The van der Waals surface area contributed by atoms with E-state index < -0.39 is 8.32 Å². The van der Waals surface area contributed by atoms with Gasteiger partial charge in [0.1, 0.15) is 6.29 Å². The summed E-state index contributed by atoms with van der Waals surface area (Å²) in [6.45, 7) is 8.80. The maximum absolute atomic E-state index is 10.2. The van der Waals surface area contributed by atoms with Gasteiger partial charge < -0.3 is 9.22 Å². The van der Waals surface area contributed by atoms with Crippen molar-refractivity contribution < 1.29 is 9.22 Å². The van der Waals surface area contributed by atoms with Crippen LogP contribution in [0.3, 0.4) is 0 Å². The predicted molar refractivity (Wildman–Crippen MR) is 44.5 cm³/mol. The molecule has 2 nitrogen and oxygen atoms in total. The summed E-state index contributed by atoms with van der Waals surface area (Å²) >= 11 is 0. The van der Waals surface area contributed by atoms with Crippen LogP contribution in [0.25, 0.3) is 0 Å². The van der Waals surface area contributed by atoms with Crippen LogP contribution in [-0.4, -0.2) is 21.2 Å². The minimum atomic E-state index is -1.40. The van der Waals surface area contributed by atoms with E-state index in [0.29, 0.717) is 6.61 Å². The molecule has 3 heteroatoms. The Balaban J connectivity index is 3.45. The highest BCUT2D eigenvalue weighted by molar-refractivity contribution is 6.69. The summed E-state index contributed by atoms with van der Waals surface area (Å²) < 4.78 is 5.49. The Labute approximate surface area is 63.7 Å². The quantitative estimate of drug-likeness (QED) is 0.462. The van der Waals surface area contributed by atoms with Crippen molar-refractivity contribution in [2.75, 3.05) is 6.61 Å². The standard InChI is InChI=1S/C7H16O2Si/c1-7(5-8)6-9-10(2,3)4/h5,7H,6H2,1-4H3. The molecule has 0 saturated carbocycles. The Kier molecular flexibility index (Phi) is 3.82. The van der Waals surface area contributed by atoms with Gasteiger partial charge in [0.05, 0.1) is 0 Å². The van der Waals surface area contributed by atoms with Crippen LogP contribution < -0.4 is 0 Å². The molecule has 0 fully saturated rings. The second kappa shape index (κ2) is 3.88. The molecule has 0 heterocycles. The lowest BCUT2D eigenvalue weighted by molar-refractivity contribution is -0.111. The van der Waals surface area contributed by atoms with Crippen LogP contribution in [0, 0.1) is 5.92 Å². The van der Waals surface area contributed by atoms with Gasteiger partial charge in [0, 0.05) is 12.5 Å². The van der Waals surface area contributed by atoms with E-state index in [1.807, 2.05) is 6.92 Å². The molecule has 0 aromatic heterocycles. The minimum Gasteiger partial charge on any atom is -0.417 e. The van der Waals surface area contributed by atoms with Crippen LogP contribution in [0.2, 0.25) is 19.6 Å². The van der Waals surface area contributed by atoms with E-state index in [0.717, 1.165) is 6.29 Å². The van der Waals surface area contributed by atoms with Gasteiger partial charge in [-0.25, -0.2) is 0 Å². The lowest BCUT2D eigenvalue weighted by atomic mass is 10.2. The zero-order valence-electron chi connectivity index (χ0n) is 7.18. The van der Waals surface area contributed by atoms with Crippen LogP contribution >= 0.6 is 0 Å². The minimum absolute atomic E-state index is 0.0479. The summed E-state index contributed by atoms with van der Waals surface area (Å²) in [6.07, 6.45) is 0.931. The molecule has 0 bridgehead atoms. The molecule has 1 atom stereocenters. The second-order valence-corrected chi connectivity index (χ2v) is 8.05. The highest BCUT2D eigenvalue weighted by atomic mass is 28.4. The van der Waals surface area contributed by atoms with Gasteiger partial charge in [-0.3, -0.25) is 0 Å². The fourth-order valence-electron chi connectivity index (χ4n) is 0.421. The number of aldehydes is 1. The average Bonchev–Trinajstić information content (AvgIpc) is 1.81. The lowest BCUT2D eigenvalue weighted by Gasteiger charge is -2.17. The summed E-state index contributed by atoms with van der Waals surface area (Å²) in [5.41, 5.74) is 0. The number of carbonyl (C=O) groups is 1. The SMILES string of the molecule is CC(C=O)CO[Si](C)(C)C. The maximum atomic E-state index is 10.2. The van der Waals surface area contributed by atoms with Gasteiger partial charge in [-0.2, -0.15) is 0 Å². The zero-order chi connectivity index (χ0) is 8.20. The van der Waals surface area contributed by atoms with Crippen molar-refractivity contribution in [3.63, 3.8) is 0 Å². The van der Waals surface area contributed by atoms with E-state index in [9.17, 15) is 4.79 Å². The van der Waals surface area contributed by atoms with Crippen LogP contribution in [0.1, 0.15) is 6.92 Å². The van der Waals surface area contributed by atoms with E-state index in [-0.39, 0.29) is 5.92 Å². The van der Waals surface area contributed by atoms with Crippen molar-refractivity contribution in [2.45, 2.75) is 26.6 Å². The molecular formula is C7H16O2Si. The van der Waals surface area contributed by atoms with Gasteiger partial charge in [-0.1, -0.05) is 6.92 Å². The highest BCUT2D eigenvalue weighted by Crippen LogP contribution is 2.04. The summed E-state index contributed by atoms with van der Waals surface area (Å²) in [5.74, 6) is 0.0479. The summed E-state index contributed by atoms with van der Waals surface area (Å²) in [7, 11) is -1.40. The Hall–Kier alpha value is -0.153. The second-order valence-electron chi connectivity index (χ2n) is 3.54. The van der Waals surface area contributed by atoms with Gasteiger partial charge in [0.15, 0.2) is 8.32 Å². The van der Waals surface area contributed by atoms with E-state index in [4.69, 9.17) is 4.43 Å². The van der Waals surface area contributed by atoms with Crippen LogP contribution in [0.5, 0.6) is 0 Å². The van der Waals surface area contributed by atoms with Crippen molar-refractivity contribution in [1.29, 1.82) is 0 Å². The van der Waals surface area contributed by atoms with E-state index >= 15 is 0 Å². The summed E-state index contributed by atoms with van der Waals surface area (Å²) in [6, 6.07) is 0.